The van der Waals surface area contributed by atoms with Crippen molar-refractivity contribution in [3.8, 4) is 0 Å². The Hall–Kier alpha value is -2.44. The van der Waals surface area contributed by atoms with Gasteiger partial charge in [-0.3, -0.25) is 14.4 Å². The Morgan fingerprint density at radius 3 is 2.09 bits per heavy atom. The molecule has 1 aromatic carbocycles. The molecule has 1 aliphatic heterocycles. The fourth-order valence-corrected chi connectivity index (χ4v) is 7.04. The average molecular weight is 457 g/mol. The first kappa shape index (κ1) is 22.4. The summed E-state index contributed by atoms with van der Waals surface area (Å²) in [5.41, 5.74) is 0.339. The number of benzene rings is 1. The van der Waals surface area contributed by atoms with Crippen LogP contribution >= 0.6 is 0 Å². The first-order valence-corrected chi connectivity index (χ1v) is 12.4. The number of carbonyl (C=O) groups excluding carboxylic acids is 3. The van der Waals surface area contributed by atoms with E-state index >= 15 is 0 Å². The summed E-state index contributed by atoms with van der Waals surface area (Å²) in [6.45, 7) is 2.52. The highest BCUT2D eigenvalue weighted by molar-refractivity contribution is 5.94. The second-order valence-electron chi connectivity index (χ2n) is 10.8. The molecule has 0 radical (unpaired) electrons. The predicted octanol–water partition coefficient (Wildman–Crippen LogP) is 3.69. The molecule has 4 bridgehead atoms. The fraction of sp³-hybridized carbons (Fsp3) is 0.654. The molecule has 178 valence electrons. The molecule has 0 aromatic heterocycles. The normalized spacial score (nSPS) is 31.8. The van der Waals surface area contributed by atoms with Crippen LogP contribution in [0, 0.1) is 29.5 Å². The number of rotatable bonds is 5. The zero-order chi connectivity index (χ0) is 23.2. The van der Waals surface area contributed by atoms with Crippen molar-refractivity contribution in [1.82, 2.24) is 10.2 Å². The lowest BCUT2D eigenvalue weighted by Crippen LogP contribution is -2.61. The average Bonchev–Trinajstić information content (AvgIpc) is 2.78. The van der Waals surface area contributed by atoms with Gasteiger partial charge >= 0.3 is 5.97 Å². The van der Waals surface area contributed by atoms with Gasteiger partial charge in [0.1, 0.15) is 5.82 Å². The Morgan fingerprint density at radius 1 is 1.00 bits per heavy atom. The maximum absolute atomic E-state index is 13.1. The van der Waals surface area contributed by atoms with Gasteiger partial charge in [0.2, 0.25) is 0 Å². The molecule has 6 rings (SSSR count). The van der Waals surface area contributed by atoms with Crippen molar-refractivity contribution < 1.29 is 23.5 Å². The van der Waals surface area contributed by atoms with Crippen molar-refractivity contribution >= 4 is 17.8 Å². The second-order valence-corrected chi connectivity index (χ2v) is 10.8. The molecule has 1 N–H and O–H groups in total. The quantitative estimate of drug-likeness (QED) is 0.686. The van der Waals surface area contributed by atoms with Crippen LogP contribution < -0.4 is 5.32 Å². The number of likely N-dealkylation sites (tertiary alicyclic amines) is 1. The van der Waals surface area contributed by atoms with Gasteiger partial charge in [0, 0.05) is 24.2 Å². The topological polar surface area (TPSA) is 75.7 Å². The van der Waals surface area contributed by atoms with E-state index in [1.807, 2.05) is 0 Å². The van der Waals surface area contributed by atoms with Crippen LogP contribution in [0.25, 0.3) is 0 Å². The van der Waals surface area contributed by atoms with Gasteiger partial charge in [-0.15, -0.1) is 0 Å². The van der Waals surface area contributed by atoms with Crippen molar-refractivity contribution in [3.63, 3.8) is 0 Å². The number of halogens is 1. The summed E-state index contributed by atoms with van der Waals surface area (Å²) in [6, 6.07) is 5.49. The molecule has 0 spiro atoms. The Bertz CT molecular complexity index is 887. The maximum atomic E-state index is 13.1. The molecule has 4 saturated carbocycles. The first-order chi connectivity index (χ1) is 15.8. The lowest BCUT2D eigenvalue weighted by Gasteiger charge is -2.57. The van der Waals surface area contributed by atoms with Crippen molar-refractivity contribution in [2.24, 2.45) is 23.7 Å². The minimum Gasteiger partial charge on any atom is -0.452 e. The van der Waals surface area contributed by atoms with E-state index in [-0.39, 0.29) is 35.1 Å². The standard InChI is InChI=1S/C26H33FN2O4/c1-16(23(30)28-26-13-17-10-18(14-26)12-19(11-17)15-26)33-25(32)21-6-8-29(9-7-21)24(31)20-2-4-22(27)5-3-20/h2-5,16-19,21H,6-15H2,1H3,(H,28,30)/t16-,17?,18?,19?,26?/m1/s1. The Labute approximate surface area is 194 Å². The summed E-state index contributed by atoms with van der Waals surface area (Å²) >= 11 is 0. The molecule has 1 heterocycles. The van der Waals surface area contributed by atoms with Gasteiger partial charge in [0.25, 0.3) is 11.8 Å². The Kier molecular flexibility index (Phi) is 5.91. The highest BCUT2D eigenvalue weighted by atomic mass is 19.1. The number of ether oxygens (including phenoxy) is 1. The lowest BCUT2D eigenvalue weighted by molar-refractivity contribution is -0.161. The van der Waals surface area contributed by atoms with E-state index in [1.54, 1.807) is 11.8 Å². The minimum atomic E-state index is -0.815. The van der Waals surface area contributed by atoms with Crippen molar-refractivity contribution in [2.75, 3.05) is 13.1 Å². The molecule has 1 saturated heterocycles. The van der Waals surface area contributed by atoms with E-state index in [1.165, 1.54) is 43.5 Å². The molecule has 0 unspecified atom stereocenters. The third-order valence-corrected chi connectivity index (χ3v) is 8.30. The number of esters is 1. The van der Waals surface area contributed by atoms with E-state index in [4.69, 9.17) is 4.74 Å². The monoisotopic (exact) mass is 456 g/mol. The minimum absolute atomic E-state index is 0.0987. The molecule has 1 atom stereocenters. The molecule has 6 nitrogen and oxygen atoms in total. The molecular weight excluding hydrogens is 423 g/mol. The molecule has 5 aliphatic rings. The van der Waals surface area contributed by atoms with E-state index < -0.39 is 6.10 Å². The number of hydrogen-bond donors (Lipinski definition) is 1. The third-order valence-electron chi connectivity index (χ3n) is 8.30. The zero-order valence-corrected chi connectivity index (χ0v) is 19.2. The smallest absolute Gasteiger partial charge is 0.309 e. The summed E-state index contributed by atoms with van der Waals surface area (Å²) in [7, 11) is 0. The van der Waals surface area contributed by atoms with Crippen molar-refractivity contribution in [2.45, 2.75) is 69.9 Å². The lowest BCUT2D eigenvalue weighted by atomic mass is 9.53. The van der Waals surface area contributed by atoms with Crippen molar-refractivity contribution in [1.29, 1.82) is 0 Å². The predicted molar refractivity (Wildman–Crippen MR) is 120 cm³/mol. The fourth-order valence-electron chi connectivity index (χ4n) is 7.04. The number of nitrogens with zero attached hydrogens (tertiary/aromatic N) is 1. The highest BCUT2D eigenvalue weighted by Gasteiger charge is 2.51. The van der Waals surface area contributed by atoms with Gasteiger partial charge in [-0.1, -0.05) is 0 Å². The highest BCUT2D eigenvalue weighted by Crippen LogP contribution is 2.55. The van der Waals surface area contributed by atoms with E-state index in [0.29, 0.717) is 31.5 Å². The summed E-state index contributed by atoms with van der Waals surface area (Å²) in [5.74, 6) is 0.787. The van der Waals surface area contributed by atoms with Crippen LogP contribution in [-0.2, 0) is 14.3 Å². The van der Waals surface area contributed by atoms with Gasteiger partial charge in [-0.25, -0.2) is 4.39 Å². The van der Waals surface area contributed by atoms with E-state index in [9.17, 15) is 18.8 Å². The van der Waals surface area contributed by atoms with Crippen LogP contribution in [0.2, 0.25) is 0 Å². The van der Waals surface area contributed by atoms with Gasteiger partial charge < -0.3 is 15.0 Å². The molecular formula is C26H33FN2O4. The number of hydrogen-bond acceptors (Lipinski definition) is 4. The van der Waals surface area contributed by atoms with Crippen LogP contribution in [-0.4, -0.2) is 47.4 Å². The SMILES string of the molecule is C[C@@H](OC(=O)C1CCN(C(=O)c2ccc(F)cc2)CC1)C(=O)NC12CC3CC(CC(C3)C1)C2. The molecule has 4 aliphatic carbocycles. The number of nitrogens with one attached hydrogen (secondary N) is 1. The van der Waals surface area contributed by atoms with Crippen molar-refractivity contribution in [3.05, 3.63) is 35.6 Å². The second kappa shape index (κ2) is 8.73. The summed E-state index contributed by atoms with van der Waals surface area (Å²) in [4.78, 5) is 39.9. The summed E-state index contributed by atoms with van der Waals surface area (Å²) < 4.78 is 18.7. The van der Waals surface area contributed by atoms with Gasteiger partial charge in [-0.05, 0) is 100 Å². The summed E-state index contributed by atoms with van der Waals surface area (Å²) in [5, 5.41) is 3.28. The summed E-state index contributed by atoms with van der Waals surface area (Å²) in [6.07, 6.45) is 7.28. The van der Waals surface area contributed by atoms with E-state index in [0.717, 1.165) is 37.0 Å². The maximum Gasteiger partial charge on any atom is 0.309 e. The Balaban J connectivity index is 1.10. The van der Waals surface area contributed by atoms with E-state index in [2.05, 4.69) is 5.32 Å². The van der Waals surface area contributed by atoms with Crippen LogP contribution in [0.1, 0.15) is 68.6 Å². The van der Waals surface area contributed by atoms with Gasteiger partial charge in [0.05, 0.1) is 5.92 Å². The van der Waals surface area contributed by atoms with Gasteiger partial charge in [0.15, 0.2) is 6.10 Å². The number of carbonyl (C=O) groups is 3. The van der Waals surface area contributed by atoms with Crippen LogP contribution in [0.15, 0.2) is 24.3 Å². The molecule has 2 amide bonds. The number of amides is 2. The molecule has 33 heavy (non-hydrogen) atoms. The zero-order valence-electron chi connectivity index (χ0n) is 19.2. The number of piperidine rings is 1. The molecule has 5 fully saturated rings. The Morgan fingerprint density at radius 2 is 1.55 bits per heavy atom. The molecule has 1 aromatic rings. The van der Waals surface area contributed by atoms with Crippen LogP contribution in [0.5, 0.6) is 0 Å². The largest absolute Gasteiger partial charge is 0.452 e. The first-order valence-electron chi connectivity index (χ1n) is 12.4. The van der Waals surface area contributed by atoms with Crippen LogP contribution in [0.3, 0.4) is 0 Å². The van der Waals surface area contributed by atoms with Crippen LogP contribution in [0.4, 0.5) is 4.39 Å². The van der Waals surface area contributed by atoms with Gasteiger partial charge in [-0.2, -0.15) is 0 Å². The molecule has 7 heteroatoms. The third kappa shape index (κ3) is 4.64.